The summed E-state index contributed by atoms with van der Waals surface area (Å²) < 4.78 is 11.0. The van der Waals surface area contributed by atoms with Crippen LogP contribution in [0.5, 0.6) is 0 Å². The van der Waals surface area contributed by atoms with E-state index in [4.69, 9.17) is 9.47 Å². The Bertz CT molecular complexity index is 477. The predicted octanol–water partition coefficient (Wildman–Crippen LogP) is 3.15. The van der Waals surface area contributed by atoms with E-state index in [1.165, 1.54) is 0 Å². The number of hydrogen-bond donors (Lipinski definition) is 2. The van der Waals surface area contributed by atoms with Gasteiger partial charge in [-0.15, -0.1) is 11.3 Å². The Hall–Kier alpha value is -1.18. The number of aliphatic imine (C=N–C) groups is 1. The van der Waals surface area contributed by atoms with Crippen LogP contribution in [0.1, 0.15) is 57.2 Å². The lowest BCUT2D eigenvalue weighted by atomic mass is 10.2. The molecule has 0 aliphatic rings. The summed E-state index contributed by atoms with van der Waals surface area (Å²) in [6.07, 6.45) is 2.28. The number of aromatic nitrogens is 1. The quantitative estimate of drug-likeness (QED) is 0.317. The SMILES string of the molecule is CCCCOCCOCCNC(=NCc1csc(C(C)C)n1)NCC. The molecule has 1 aromatic heterocycles. The number of rotatable bonds is 13. The number of ether oxygens (including phenoxy) is 2. The molecule has 7 heteroatoms. The summed E-state index contributed by atoms with van der Waals surface area (Å²) in [6.45, 7) is 13.4. The lowest BCUT2D eigenvalue weighted by molar-refractivity contribution is 0.0487. The van der Waals surface area contributed by atoms with Gasteiger partial charge in [-0.2, -0.15) is 0 Å². The van der Waals surface area contributed by atoms with Crippen LogP contribution in [0, 0.1) is 0 Å². The van der Waals surface area contributed by atoms with E-state index in [0.717, 1.165) is 49.2 Å². The molecule has 0 aromatic carbocycles. The highest BCUT2D eigenvalue weighted by Gasteiger charge is 2.05. The number of nitrogens with zero attached hydrogens (tertiary/aromatic N) is 2. The molecular formula is C18H34N4O2S. The Morgan fingerprint density at radius 3 is 2.56 bits per heavy atom. The van der Waals surface area contributed by atoms with Crippen molar-refractivity contribution in [3.05, 3.63) is 16.1 Å². The first-order valence-corrected chi connectivity index (χ1v) is 10.2. The van der Waals surface area contributed by atoms with Gasteiger partial charge in [-0.3, -0.25) is 0 Å². The molecule has 0 amide bonds. The van der Waals surface area contributed by atoms with Crippen LogP contribution >= 0.6 is 11.3 Å². The van der Waals surface area contributed by atoms with Gasteiger partial charge in [0.25, 0.3) is 0 Å². The highest BCUT2D eigenvalue weighted by atomic mass is 32.1. The van der Waals surface area contributed by atoms with Gasteiger partial charge in [0.2, 0.25) is 0 Å². The highest BCUT2D eigenvalue weighted by molar-refractivity contribution is 7.09. The van der Waals surface area contributed by atoms with Crippen LogP contribution in [0.25, 0.3) is 0 Å². The number of guanidine groups is 1. The average molecular weight is 371 g/mol. The van der Waals surface area contributed by atoms with Gasteiger partial charge in [0.1, 0.15) is 0 Å². The van der Waals surface area contributed by atoms with E-state index in [9.17, 15) is 0 Å². The van der Waals surface area contributed by atoms with E-state index in [2.05, 4.69) is 53.7 Å². The van der Waals surface area contributed by atoms with Crippen molar-refractivity contribution in [1.82, 2.24) is 15.6 Å². The van der Waals surface area contributed by atoms with Crippen molar-refractivity contribution >= 4 is 17.3 Å². The van der Waals surface area contributed by atoms with E-state index in [0.29, 0.717) is 32.3 Å². The fraction of sp³-hybridized carbons (Fsp3) is 0.778. The molecular weight excluding hydrogens is 336 g/mol. The van der Waals surface area contributed by atoms with Gasteiger partial charge >= 0.3 is 0 Å². The van der Waals surface area contributed by atoms with Crippen LogP contribution in [0.15, 0.2) is 10.4 Å². The Balaban J connectivity index is 2.22. The molecule has 0 saturated carbocycles. The summed E-state index contributed by atoms with van der Waals surface area (Å²) in [4.78, 5) is 9.19. The third-order valence-corrected chi connectivity index (χ3v) is 4.55. The summed E-state index contributed by atoms with van der Waals surface area (Å²) in [5, 5.41) is 9.77. The molecule has 0 atom stereocenters. The maximum absolute atomic E-state index is 5.55. The number of thiazole rings is 1. The van der Waals surface area contributed by atoms with Gasteiger partial charge in [0.05, 0.1) is 37.1 Å². The molecule has 6 nitrogen and oxygen atoms in total. The molecule has 0 spiro atoms. The molecule has 1 heterocycles. The van der Waals surface area contributed by atoms with E-state index in [-0.39, 0.29) is 0 Å². The Morgan fingerprint density at radius 2 is 1.92 bits per heavy atom. The minimum absolute atomic E-state index is 0.470. The van der Waals surface area contributed by atoms with Crippen molar-refractivity contribution in [3.63, 3.8) is 0 Å². The van der Waals surface area contributed by atoms with Crippen LogP contribution in [-0.4, -0.2) is 50.5 Å². The predicted molar refractivity (Wildman–Crippen MR) is 106 cm³/mol. The van der Waals surface area contributed by atoms with E-state index < -0.39 is 0 Å². The molecule has 144 valence electrons. The van der Waals surface area contributed by atoms with Crippen molar-refractivity contribution in [2.45, 2.75) is 53.0 Å². The zero-order valence-corrected chi connectivity index (χ0v) is 17.0. The van der Waals surface area contributed by atoms with E-state index in [1.807, 2.05) is 0 Å². The second-order valence-corrected chi connectivity index (χ2v) is 6.92. The van der Waals surface area contributed by atoms with E-state index >= 15 is 0 Å². The summed E-state index contributed by atoms with van der Waals surface area (Å²) in [7, 11) is 0. The molecule has 0 radical (unpaired) electrons. The first-order valence-electron chi connectivity index (χ1n) is 9.29. The van der Waals surface area contributed by atoms with Crippen molar-refractivity contribution in [1.29, 1.82) is 0 Å². The average Bonchev–Trinajstić information content (AvgIpc) is 3.07. The number of unbranched alkanes of at least 4 members (excludes halogenated alkanes) is 1. The summed E-state index contributed by atoms with van der Waals surface area (Å²) >= 11 is 1.70. The molecule has 0 aliphatic carbocycles. The van der Waals surface area contributed by atoms with Crippen molar-refractivity contribution in [2.75, 3.05) is 39.5 Å². The Morgan fingerprint density at radius 1 is 1.16 bits per heavy atom. The van der Waals surface area contributed by atoms with Crippen LogP contribution in [0.2, 0.25) is 0 Å². The van der Waals surface area contributed by atoms with Gasteiger partial charge in [0.15, 0.2) is 5.96 Å². The third-order valence-electron chi connectivity index (χ3n) is 3.36. The molecule has 0 fully saturated rings. The topological polar surface area (TPSA) is 67.8 Å². The first kappa shape index (κ1) is 21.9. The van der Waals surface area contributed by atoms with Crippen LogP contribution in [-0.2, 0) is 16.0 Å². The van der Waals surface area contributed by atoms with Crippen molar-refractivity contribution < 1.29 is 9.47 Å². The number of nitrogens with one attached hydrogen (secondary N) is 2. The molecule has 0 bridgehead atoms. The molecule has 25 heavy (non-hydrogen) atoms. The largest absolute Gasteiger partial charge is 0.379 e. The van der Waals surface area contributed by atoms with Crippen LogP contribution in [0.3, 0.4) is 0 Å². The van der Waals surface area contributed by atoms with E-state index in [1.54, 1.807) is 11.3 Å². The van der Waals surface area contributed by atoms with Crippen LogP contribution < -0.4 is 10.6 Å². The third kappa shape index (κ3) is 10.4. The highest BCUT2D eigenvalue weighted by Crippen LogP contribution is 2.19. The number of hydrogen-bond acceptors (Lipinski definition) is 5. The molecule has 1 rings (SSSR count). The molecule has 0 unspecified atom stereocenters. The molecule has 1 aromatic rings. The zero-order chi connectivity index (χ0) is 18.3. The summed E-state index contributed by atoms with van der Waals surface area (Å²) in [5.74, 6) is 1.27. The molecule has 0 aliphatic heterocycles. The monoisotopic (exact) mass is 370 g/mol. The smallest absolute Gasteiger partial charge is 0.191 e. The van der Waals surface area contributed by atoms with Crippen LogP contribution in [0.4, 0.5) is 0 Å². The normalized spacial score (nSPS) is 12.0. The maximum Gasteiger partial charge on any atom is 0.191 e. The first-order chi connectivity index (χ1) is 12.2. The molecule has 0 saturated heterocycles. The van der Waals surface area contributed by atoms with Crippen molar-refractivity contribution in [2.24, 2.45) is 4.99 Å². The Labute approximate surface area is 156 Å². The minimum atomic E-state index is 0.470. The Kier molecular flexibility index (Phi) is 12.3. The van der Waals surface area contributed by atoms with Crippen molar-refractivity contribution in [3.8, 4) is 0 Å². The fourth-order valence-electron chi connectivity index (χ4n) is 1.97. The zero-order valence-electron chi connectivity index (χ0n) is 16.1. The second-order valence-electron chi connectivity index (χ2n) is 6.03. The molecule has 2 N–H and O–H groups in total. The van der Waals surface area contributed by atoms with Gasteiger partial charge in [-0.1, -0.05) is 27.2 Å². The lowest BCUT2D eigenvalue weighted by Crippen LogP contribution is -2.39. The van der Waals surface area contributed by atoms with Gasteiger partial charge in [-0.25, -0.2) is 9.98 Å². The second kappa shape index (κ2) is 14.0. The van der Waals surface area contributed by atoms with Gasteiger partial charge < -0.3 is 20.1 Å². The fourth-order valence-corrected chi connectivity index (χ4v) is 2.80. The van der Waals surface area contributed by atoms with Gasteiger partial charge in [-0.05, 0) is 13.3 Å². The maximum atomic E-state index is 5.55. The summed E-state index contributed by atoms with van der Waals surface area (Å²) in [5.41, 5.74) is 1.02. The lowest BCUT2D eigenvalue weighted by Gasteiger charge is -2.11. The van der Waals surface area contributed by atoms with Gasteiger partial charge in [0, 0.05) is 31.0 Å². The minimum Gasteiger partial charge on any atom is -0.379 e. The summed E-state index contributed by atoms with van der Waals surface area (Å²) in [6, 6.07) is 0. The standard InChI is InChI=1S/C18H34N4O2S/c1-5-7-9-23-11-12-24-10-8-20-18(19-6-2)21-13-16-14-25-17(22-16)15(3)4/h14-15H,5-13H2,1-4H3,(H2,19,20,21).